The van der Waals surface area contributed by atoms with Crippen LogP contribution in [0, 0.1) is 6.92 Å². The largest absolute Gasteiger partial charge is 0.482 e. The molecule has 0 saturated heterocycles. The third-order valence-electron chi connectivity index (χ3n) is 3.73. The van der Waals surface area contributed by atoms with Crippen LogP contribution in [-0.4, -0.2) is 35.6 Å². The van der Waals surface area contributed by atoms with E-state index in [2.05, 4.69) is 30.8 Å². The van der Waals surface area contributed by atoms with Crippen LogP contribution in [-0.2, 0) is 9.53 Å². The number of rotatable bonds is 5. The summed E-state index contributed by atoms with van der Waals surface area (Å²) < 4.78 is 11.9. The van der Waals surface area contributed by atoms with E-state index in [9.17, 15) is 9.59 Å². The molecule has 0 spiro atoms. The molecule has 138 valence electrons. The average molecular weight is 430 g/mol. The Bertz CT molecular complexity index is 1090. The summed E-state index contributed by atoms with van der Waals surface area (Å²) in [6, 6.07) is 12.3. The maximum absolute atomic E-state index is 12.7. The van der Waals surface area contributed by atoms with Gasteiger partial charge in [-0.05, 0) is 42.8 Å². The maximum Gasteiger partial charge on any atom is 0.343 e. The van der Waals surface area contributed by atoms with Crippen LogP contribution in [0.4, 0.5) is 0 Å². The summed E-state index contributed by atoms with van der Waals surface area (Å²) in [4.78, 5) is 28.3. The standard InChI is InChI=1S/C19H16BrN3O4/c1-12-22-17-7-6-14(20)9-16(17)19(25)23(12)21-10-13-4-3-5-15(8-13)27-11-18(24)26-2/h3-10H,11H2,1-2H3. The molecular formula is C19H16BrN3O4. The fraction of sp³-hybridized carbons (Fsp3) is 0.158. The zero-order chi connectivity index (χ0) is 19.4. The molecule has 27 heavy (non-hydrogen) atoms. The van der Waals surface area contributed by atoms with E-state index in [4.69, 9.17) is 4.74 Å². The Balaban J connectivity index is 1.90. The van der Waals surface area contributed by atoms with Crippen molar-refractivity contribution in [2.24, 2.45) is 5.10 Å². The summed E-state index contributed by atoms with van der Waals surface area (Å²) in [7, 11) is 1.30. The van der Waals surface area contributed by atoms with Gasteiger partial charge < -0.3 is 9.47 Å². The van der Waals surface area contributed by atoms with Gasteiger partial charge in [-0.15, -0.1) is 0 Å². The maximum atomic E-state index is 12.7. The van der Waals surface area contributed by atoms with E-state index in [0.29, 0.717) is 28.0 Å². The fourth-order valence-corrected chi connectivity index (χ4v) is 2.77. The van der Waals surface area contributed by atoms with Crippen molar-refractivity contribution in [1.82, 2.24) is 9.66 Å². The highest BCUT2D eigenvalue weighted by Crippen LogP contribution is 2.16. The molecule has 0 aliphatic heterocycles. The molecule has 0 bridgehead atoms. The number of aryl methyl sites for hydroxylation is 1. The van der Waals surface area contributed by atoms with Crippen molar-refractivity contribution >= 4 is 39.0 Å². The number of carbonyl (C=O) groups is 1. The van der Waals surface area contributed by atoms with E-state index < -0.39 is 5.97 Å². The number of fused-ring (bicyclic) bond motifs is 1. The van der Waals surface area contributed by atoms with E-state index in [0.717, 1.165) is 4.47 Å². The first-order valence-electron chi connectivity index (χ1n) is 8.01. The first-order chi connectivity index (χ1) is 13.0. The van der Waals surface area contributed by atoms with E-state index >= 15 is 0 Å². The van der Waals surface area contributed by atoms with Crippen molar-refractivity contribution in [3.05, 3.63) is 68.7 Å². The summed E-state index contributed by atoms with van der Waals surface area (Å²) >= 11 is 3.36. The highest BCUT2D eigenvalue weighted by atomic mass is 79.9. The zero-order valence-electron chi connectivity index (χ0n) is 14.7. The SMILES string of the molecule is COC(=O)COc1cccc(C=Nn2c(C)nc3ccc(Br)cc3c2=O)c1. The molecule has 3 rings (SSSR count). The predicted molar refractivity (Wildman–Crippen MR) is 105 cm³/mol. The average Bonchev–Trinajstić information content (AvgIpc) is 2.67. The summed E-state index contributed by atoms with van der Waals surface area (Å²) in [6.07, 6.45) is 1.53. The number of benzene rings is 2. The molecule has 0 fully saturated rings. The quantitative estimate of drug-likeness (QED) is 0.459. The lowest BCUT2D eigenvalue weighted by atomic mass is 10.2. The van der Waals surface area contributed by atoms with Gasteiger partial charge in [0.25, 0.3) is 5.56 Å². The summed E-state index contributed by atoms with van der Waals surface area (Å²) in [5, 5.41) is 4.74. The number of hydrogen-bond donors (Lipinski definition) is 0. The first-order valence-corrected chi connectivity index (χ1v) is 8.80. The molecule has 0 radical (unpaired) electrons. The van der Waals surface area contributed by atoms with Crippen molar-refractivity contribution < 1.29 is 14.3 Å². The van der Waals surface area contributed by atoms with Crippen molar-refractivity contribution in [2.75, 3.05) is 13.7 Å². The Labute approximate surface area is 163 Å². The highest BCUT2D eigenvalue weighted by molar-refractivity contribution is 9.10. The van der Waals surface area contributed by atoms with Crippen molar-refractivity contribution in [1.29, 1.82) is 0 Å². The van der Waals surface area contributed by atoms with Crippen LogP contribution in [0.3, 0.4) is 0 Å². The predicted octanol–water partition coefficient (Wildman–Crippen LogP) is 2.90. The van der Waals surface area contributed by atoms with Gasteiger partial charge in [0, 0.05) is 4.47 Å². The molecule has 0 unspecified atom stereocenters. The molecule has 0 saturated carbocycles. The third kappa shape index (κ3) is 4.40. The smallest absolute Gasteiger partial charge is 0.343 e. The Morgan fingerprint density at radius 2 is 2.11 bits per heavy atom. The van der Waals surface area contributed by atoms with Gasteiger partial charge in [0.05, 0.1) is 24.2 Å². The topological polar surface area (TPSA) is 82.8 Å². The van der Waals surface area contributed by atoms with Gasteiger partial charge in [0.2, 0.25) is 0 Å². The minimum Gasteiger partial charge on any atom is -0.482 e. The second-order valence-corrected chi connectivity index (χ2v) is 6.53. The normalized spacial score (nSPS) is 11.1. The lowest BCUT2D eigenvalue weighted by molar-refractivity contribution is -0.142. The molecule has 7 nitrogen and oxygen atoms in total. The van der Waals surface area contributed by atoms with Crippen LogP contribution in [0.5, 0.6) is 5.75 Å². The monoisotopic (exact) mass is 429 g/mol. The number of aromatic nitrogens is 2. The molecule has 0 atom stereocenters. The van der Waals surface area contributed by atoms with Crippen LogP contribution in [0.1, 0.15) is 11.4 Å². The zero-order valence-corrected chi connectivity index (χ0v) is 16.3. The molecule has 2 aromatic carbocycles. The minimum absolute atomic E-state index is 0.181. The number of nitrogens with zero attached hydrogens (tertiary/aromatic N) is 3. The van der Waals surface area contributed by atoms with Gasteiger partial charge in [-0.25, -0.2) is 9.78 Å². The Morgan fingerprint density at radius 1 is 1.30 bits per heavy atom. The second kappa shape index (κ2) is 8.13. The van der Waals surface area contributed by atoms with Gasteiger partial charge in [0.1, 0.15) is 11.6 Å². The number of halogens is 1. The Morgan fingerprint density at radius 3 is 2.89 bits per heavy atom. The molecule has 0 aliphatic rings. The Hall–Kier alpha value is -3.00. The molecule has 0 N–H and O–H groups in total. The lowest BCUT2D eigenvalue weighted by Gasteiger charge is -2.07. The van der Waals surface area contributed by atoms with E-state index in [1.54, 1.807) is 43.3 Å². The van der Waals surface area contributed by atoms with Crippen LogP contribution in [0.2, 0.25) is 0 Å². The number of ether oxygens (including phenoxy) is 2. The Kier molecular flexibility index (Phi) is 5.66. The number of methoxy groups -OCH3 is 1. The number of hydrogen-bond acceptors (Lipinski definition) is 6. The van der Waals surface area contributed by atoms with E-state index in [1.807, 2.05) is 6.07 Å². The van der Waals surface area contributed by atoms with Crippen LogP contribution < -0.4 is 10.3 Å². The van der Waals surface area contributed by atoms with Gasteiger partial charge in [0.15, 0.2) is 6.61 Å². The molecule has 0 amide bonds. The molecule has 1 heterocycles. The molecule has 8 heteroatoms. The van der Waals surface area contributed by atoms with Crippen molar-refractivity contribution in [2.45, 2.75) is 6.92 Å². The summed E-state index contributed by atoms with van der Waals surface area (Å²) in [5.41, 5.74) is 1.07. The molecule has 1 aromatic heterocycles. The van der Waals surface area contributed by atoms with Crippen molar-refractivity contribution in [3.8, 4) is 5.75 Å². The van der Waals surface area contributed by atoms with Gasteiger partial charge >= 0.3 is 5.97 Å². The fourth-order valence-electron chi connectivity index (χ4n) is 2.41. The van der Waals surface area contributed by atoms with Crippen LogP contribution >= 0.6 is 15.9 Å². The van der Waals surface area contributed by atoms with Crippen LogP contribution in [0.25, 0.3) is 10.9 Å². The van der Waals surface area contributed by atoms with Crippen molar-refractivity contribution in [3.63, 3.8) is 0 Å². The molecular weight excluding hydrogens is 414 g/mol. The summed E-state index contributed by atoms with van der Waals surface area (Å²) in [6.45, 7) is 1.54. The third-order valence-corrected chi connectivity index (χ3v) is 4.23. The highest BCUT2D eigenvalue weighted by Gasteiger charge is 2.08. The van der Waals surface area contributed by atoms with Crippen LogP contribution in [0.15, 0.2) is 56.8 Å². The molecule has 0 aliphatic carbocycles. The van der Waals surface area contributed by atoms with Gasteiger partial charge in [-0.3, -0.25) is 4.79 Å². The minimum atomic E-state index is -0.468. The van der Waals surface area contributed by atoms with Gasteiger partial charge in [-0.1, -0.05) is 28.1 Å². The number of esters is 1. The lowest BCUT2D eigenvalue weighted by Crippen LogP contribution is -2.20. The molecule has 3 aromatic rings. The number of carbonyl (C=O) groups excluding carboxylic acids is 1. The van der Waals surface area contributed by atoms with Gasteiger partial charge in [-0.2, -0.15) is 9.78 Å². The first kappa shape index (κ1) is 18.8. The van der Waals surface area contributed by atoms with E-state index in [1.165, 1.54) is 18.0 Å². The second-order valence-electron chi connectivity index (χ2n) is 5.62. The van der Waals surface area contributed by atoms with E-state index in [-0.39, 0.29) is 12.2 Å². The summed E-state index contributed by atoms with van der Waals surface area (Å²) in [5.74, 6) is 0.503.